The van der Waals surface area contributed by atoms with Gasteiger partial charge in [-0.3, -0.25) is 0 Å². The molecule has 1 N–H and O–H groups in total. The van der Waals surface area contributed by atoms with Crippen LogP contribution in [0.2, 0.25) is 0 Å². The number of hydrogen-bond acceptors (Lipinski definition) is 3. The molecule has 0 heterocycles. The average molecular weight is 291 g/mol. The number of benzene rings is 2. The van der Waals surface area contributed by atoms with Gasteiger partial charge in [0.2, 0.25) is 0 Å². The number of rotatable bonds is 6. The molecule has 0 aliphatic carbocycles. The summed E-state index contributed by atoms with van der Waals surface area (Å²) in [6.45, 7) is 4.83. The lowest BCUT2D eigenvalue weighted by atomic mass is 10.1. The van der Waals surface area contributed by atoms with E-state index < -0.39 is 9.84 Å². The highest BCUT2D eigenvalue weighted by Crippen LogP contribution is 2.20. The van der Waals surface area contributed by atoms with E-state index in [1.54, 1.807) is 12.1 Å². The second-order valence-electron chi connectivity index (χ2n) is 5.29. The molecule has 0 saturated carbocycles. The van der Waals surface area contributed by atoms with Crippen molar-refractivity contribution in [2.45, 2.75) is 31.2 Å². The van der Waals surface area contributed by atoms with Crippen molar-refractivity contribution < 1.29 is 8.42 Å². The van der Waals surface area contributed by atoms with Gasteiger partial charge in [0.25, 0.3) is 0 Å². The first-order chi connectivity index (χ1) is 9.49. The molecule has 0 fully saturated rings. The summed E-state index contributed by atoms with van der Waals surface area (Å²) in [5, 5.41) is 5.26. The summed E-state index contributed by atoms with van der Waals surface area (Å²) >= 11 is 0. The molecule has 0 saturated heterocycles. The summed E-state index contributed by atoms with van der Waals surface area (Å²) in [4.78, 5) is 0.417. The van der Waals surface area contributed by atoms with Crippen LogP contribution < -0.4 is 5.32 Å². The van der Waals surface area contributed by atoms with E-state index in [2.05, 4.69) is 19.2 Å². The van der Waals surface area contributed by atoms with Crippen molar-refractivity contribution in [1.29, 1.82) is 0 Å². The Hall–Kier alpha value is -1.39. The Morgan fingerprint density at radius 2 is 1.75 bits per heavy atom. The zero-order valence-electron chi connectivity index (χ0n) is 12.0. The topological polar surface area (TPSA) is 46.2 Å². The smallest absolute Gasteiger partial charge is 0.178 e. The highest BCUT2D eigenvalue weighted by molar-refractivity contribution is 7.91. The molecule has 0 aromatic heterocycles. The molecule has 0 atom stereocenters. The van der Waals surface area contributed by atoms with Crippen molar-refractivity contribution >= 4 is 20.6 Å². The van der Waals surface area contributed by atoms with Crippen LogP contribution in [0.1, 0.15) is 20.3 Å². The van der Waals surface area contributed by atoms with Crippen LogP contribution in [0.4, 0.5) is 0 Å². The van der Waals surface area contributed by atoms with Crippen molar-refractivity contribution in [3.05, 3.63) is 42.5 Å². The van der Waals surface area contributed by atoms with Gasteiger partial charge in [-0.25, -0.2) is 8.42 Å². The zero-order chi connectivity index (χ0) is 14.6. The molecule has 0 unspecified atom stereocenters. The molecule has 2 rings (SSSR count). The van der Waals surface area contributed by atoms with E-state index >= 15 is 0 Å². The molecule has 0 aliphatic rings. The SMILES string of the molecule is CC(C)NCCCS(=O)(=O)c1ccc2ccccc2c1. The van der Waals surface area contributed by atoms with E-state index in [4.69, 9.17) is 0 Å². The minimum absolute atomic E-state index is 0.186. The minimum Gasteiger partial charge on any atom is -0.314 e. The lowest BCUT2D eigenvalue weighted by Gasteiger charge is -2.09. The molecule has 2 aromatic carbocycles. The Morgan fingerprint density at radius 1 is 1.05 bits per heavy atom. The number of sulfone groups is 1. The predicted octanol–water partition coefficient (Wildman–Crippen LogP) is 3.00. The maximum absolute atomic E-state index is 12.3. The Labute approximate surface area is 120 Å². The molecule has 0 bridgehead atoms. The van der Waals surface area contributed by atoms with Gasteiger partial charge in [0, 0.05) is 6.04 Å². The van der Waals surface area contributed by atoms with Crippen LogP contribution in [0.25, 0.3) is 10.8 Å². The number of nitrogens with one attached hydrogen (secondary N) is 1. The van der Waals surface area contributed by atoms with Crippen LogP contribution >= 0.6 is 0 Å². The van der Waals surface area contributed by atoms with Crippen LogP contribution in [0.5, 0.6) is 0 Å². The highest BCUT2D eigenvalue weighted by atomic mass is 32.2. The first-order valence-corrected chi connectivity index (χ1v) is 8.59. The van der Waals surface area contributed by atoms with E-state index in [0.29, 0.717) is 17.4 Å². The lowest BCUT2D eigenvalue weighted by Crippen LogP contribution is -2.25. The lowest BCUT2D eigenvalue weighted by molar-refractivity contribution is 0.568. The average Bonchev–Trinajstić information content (AvgIpc) is 2.43. The molecule has 108 valence electrons. The fourth-order valence-corrected chi connectivity index (χ4v) is 3.47. The van der Waals surface area contributed by atoms with Gasteiger partial charge in [-0.1, -0.05) is 44.2 Å². The second kappa shape index (κ2) is 6.37. The van der Waals surface area contributed by atoms with E-state index in [1.165, 1.54) is 0 Å². The maximum atomic E-state index is 12.3. The number of fused-ring (bicyclic) bond motifs is 1. The molecule has 2 aromatic rings. The third-order valence-electron chi connectivity index (χ3n) is 3.22. The van der Waals surface area contributed by atoms with Crippen LogP contribution in [0.3, 0.4) is 0 Å². The normalized spacial score (nSPS) is 12.2. The summed E-state index contributed by atoms with van der Waals surface area (Å²) in [5.74, 6) is 0.186. The maximum Gasteiger partial charge on any atom is 0.178 e. The van der Waals surface area contributed by atoms with Crippen LogP contribution in [0, 0.1) is 0 Å². The third kappa shape index (κ3) is 3.81. The molecule has 4 heteroatoms. The first-order valence-electron chi connectivity index (χ1n) is 6.94. The van der Waals surface area contributed by atoms with Gasteiger partial charge >= 0.3 is 0 Å². The highest BCUT2D eigenvalue weighted by Gasteiger charge is 2.14. The van der Waals surface area contributed by atoms with Crippen molar-refractivity contribution in [1.82, 2.24) is 5.32 Å². The quantitative estimate of drug-likeness (QED) is 0.832. The van der Waals surface area contributed by atoms with Crippen LogP contribution in [-0.4, -0.2) is 26.8 Å². The summed E-state index contributed by atoms with van der Waals surface area (Å²) in [5.41, 5.74) is 0. The largest absolute Gasteiger partial charge is 0.314 e. The van der Waals surface area contributed by atoms with E-state index in [-0.39, 0.29) is 5.75 Å². The standard InChI is InChI=1S/C16H21NO2S/c1-13(2)17-10-5-11-20(18,19)16-9-8-14-6-3-4-7-15(14)12-16/h3-4,6-9,12-13,17H,5,10-11H2,1-2H3. The molecule has 0 spiro atoms. The first kappa shape index (κ1) is 15.0. The predicted molar refractivity (Wildman–Crippen MR) is 83.8 cm³/mol. The van der Waals surface area contributed by atoms with Gasteiger partial charge in [0.1, 0.15) is 0 Å². The Kier molecular flexibility index (Phi) is 4.78. The van der Waals surface area contributed by atoms with E-state index in [0.717, 1.165) is 17.3 Å². The van der Waals surface area contributed by atoms with Gasteiger partial charge in [0.15, 0.2) is 9.84 Å². The Bertz CT molecular complexity index is 678. The summed E-state index contributed by atoms with van der Waals surface area (Å²) in [6.07, 6.45) is 0.632. The molecule has 0 amide bonds. The fourth-order valence-electron chi connectivity index (χ4n) is 2.13. The number of hydrogen-bond donors (Lipinski definition) is 1. The van der Waals surface area contributed by atoms with Crippen LogP contribution in [-0.2, 0) is 9.84 Å². The molecule has 0 radical (unpaired) electrons. The van der Waals surface area contributed by atoms with Crippen molar-refractivity contribution in [3.8, 4) is 0 Å². The molecule has 20 heavy (non-hydrogen) atoms. The Morgan fingerprint density at radius 3 is 2.45 bits per heavy atom. The molecular weight excluding hydrogens is 270 g/mol. The summed E-state index contributed by atoms with van der Waals surface area (Å²) < 4.78 is 24.6. The second-order valence-corrected chi connectivity index (χ2v) is 7.40. The van der Waals surface area contributed by atoms with Crippen molar-refractivity contribution in [3.63, 3.8) is 0 Å². The van der Waals surface area contributed by atoms with Gasteiger partial charge < -0.3 is 5.32 Å². The summed E-state index contributed by atoms with van der Waals surface area (Å²) in [7, 11) is -3.19. The van der Waals surface area contributed by atoms with Gasteiger partial charge in [0.05, 0.1) is 10.6 Å². The molecule has 0 aliphatic heterocycles. The van der Waals surface area contributed by atoms with Gasteiger partial charge in [-0.15, -0.1) is 0 Å². The van der Waals surface area contributed by atoms with Crippen molar-refractivity contribution in [2.24, 2.45) is 0 Å². The van der Waals surface area contributed by atoms with Gasteiger partial charge in [-0.2, -0.15) is 0 Å². The zero-order valence-corrected chi connectivity index (χ0v) is 12.8. The van der Waals surface area contributed by atoms with Crippen molar-refractivity contribution in [2.75, 3.05) is 12.3 Å². The minimum atomic E-state index is -3.19. The monoisotopic (exact) mass is 291 g/mol. The fraction of sp³-hybridized carbons (Fsp3) is 0.375. The molecular formula is C16H21NO2S. The van der Waals surface area contributed by atoms with E-state index in [9.17, 15) is 8.42 Å². The summed E-state index contributed by atoms with van der Waals surface area (Å²) in [6, 6.07) is 13.5. The van der Waals surface area contributed by atoms with E-state index in [1.807, 2.05) is 30.3 Å². The third-order valence-corrected chi connectivity index (χ3v) is 5.02. The Balaban J connectivity index is 2.11. The van der Waals surface area contributed by atoms with Gasteiger partial charge in [-0.05, 0) is 35.9 Å². The molecule has 3 nitrogen and oxygen atoms in total. The van der Waals surface area contributed by atoms with Crippen LogP contribution in [0.15, 0.2) is 47.4 Å².